The number of carbonyl (C=O) groups is 1. The topological polar surface area (TPSA) is 104 Å². The van der Waals surface area contributed by atoms with E-state index in [1.54, 1.807) is 48.5 Å². The van der Waals surface area contributed by atoms with Crippen molar-refractivity contribution in [3.05, 3.63) is 66.2 Å². The number of hydrogen-bond acceptors (Lipinski definition) is 4. The van der Waals surface area contributed by atoms with Crippen LogP contribution in [0.15, 0.2) is 65.6 Å². The number of hydrogen-bond donors (Lipinski definition) is 3. The molecular weight excluding hydrogens is 330 g/mol. The highest BCUT2D eigenvalue weighted by molar-refractivity contribution is 7.85. The van der Waals surface area contributed by atoms with Crippen LogP contribution < -0.4 is 5.32 Å². The van der Waals surface area contributed by atoms with Gasteiger partial charge < -0.3 is 10.4 Å². The Morgan fingerprint density at radius 1 is 0.917 bits per heavy atom. The van der Waals surface area contributed by atoms with Gasteiger partial charge in [-0.1, -0.05) is 30.3 Å². The molecule has 122 valence electrons. The fourth-order valence-corrected chi connectivity index (χ4v) is 2.91. The summed E-state index contributed by atoms with van der Waals surface area (Å²) in [4.78, 5) is 11.8. The molecule has 0 aliphatic heterocycles. The third-order valence-corrected chi connectivity index (χ3v) is 4.36. The first kappa shape index (κ1) is 16.0. The minimum absolute atomic E-state index is 0.300. The molecule has 1 amide bonds. The molecule has 0 aliphatic rings. The molecule has 0 saturated heterocycles. The van der Waals surface area contributed by atoms with Crippen LogP contribution in [-0.2, 0) is 10.1 Å². The Morgan fingerprint density at radius 3 is 2.29 bits per heavy atom. The zero-order valence-electron chi connectivity index (χ0n) is 12.3. The first-order valence-electron chi connectivity index (χ1n) is 6.96. The summed E-state index contributed by atoms with van der Waals surface area (Å²) < 4.78 is 31.9. The second-order valence-corrected chi connectivity index (χ2v) is 6.56. The van der Waals surface area contributed by atoms with Crippen molar-refractivity contribution < 1.29 is 22.9 Å². The van der Waals surface area contributed by atoms with Gasteiger partial charge >= 0.3 is 0 Å². The van der Waals surface area contributed by atoms with Gasteiger partial charge in [0, 0.05) is 28.1 Å². The van der Waals surface area contributed by atoms with Crippen molar-refractivity contribution in [2.24, 2.45) is 0 Å². The predicted molar refractivity (Wildman–Crippen MR) is 89.8 cm³/mol. The Bertz CT molecular complexity index is 1030. The maximum atomic E-state index is 12.3. The van der Waals surface area contributed by atoms with E-state index in [9.17, 15) is 22.9 Å². The Kier molecular flexibility index (Phi) is 3.96. The highest BCUT2D eigenvalue weighted by Gasteiger charge is 2.16. The molecule has 3 aromatic rings. The van der Waals surface area contributed by atoms with E-state index in [-0.39, 0.29) is 11.7 Å². The molecule has 0 aliphatic carbocycles. The Balaban J connectivity index is 2.11. The van der Waals surface area contributed by atoms with Gasteiger partial charge in [0.25, 0.3) is 16.0 Å². The second kappa shape index (κ2) is 5.95. The van der Waals surface area contributed by atoms with E-state index in [2.05, 4.69) is 5.32 Å². The van der Waals surface area contributed by atoms with Crippen LogP contribution in [0.25, 0.3) is 10.8 Å². The molecule has 0 saturated carbocycles. The van der Waals surface area contributed by atoms with Gasteiger partial charge in [0.05, 0.1) is 4.90 Å². The molecule has 6 nitrogen and oxygen atoms in total. The van der Waals surface area contributed by atoms with Crippen LogP contribution in [0.2, 0.25) is 0 Å². The fourth-order valence-electron chi connectivity index (χ4n) is 2.38. The van der Waals surface area contributed by atoms with Crippen LogP contribution in [0, 0.1) is 0 Å². The van der Waals surface area contributed by atoms with Crippen LogP contribution >= 0.6 is 0 Å². The molecular formula is C17H13NO5S. The smallest absolute Gasteiger partial charge is 0.294 e. The highest BCUT2D eigenvalue weighted by Crippen LogP contribution is 2.33. The summed E-state index contributed by atoms with van der Waals surface area (Å²) in [7, 11) is -4.49. The van der Waals surface area contributed by atoms with Crippen LogP contribution in [0.1, 0.15) is 10.4 Å². The molecule has 0 unspecified atom stereocenters. The van der Waals surface area contributed by atoms with Crippen molar-refractivity contribution in [1.82, 2.24) is 0 Å². The number of anilines is 1. The molecule has 24 heavy (non-hydrogen) atoms. The number of phenols is 1. The van der Waals surface area contributed by atoms with Crippen molar-refractivity contribution >= 4 is 32.5 Å². The molecule has 7 heteroatoms. The molecule has 0 bridgehead atoms. The molecule has 0 radical (unpaired) electrons. The average molecular weight is 343 g/mol. The third-order valence-electron chi connectivity index (χ3n) is 3.53. The highest BCUT2D eigenvalue weighted by atomic mass is 32.2. The molecule has 0 aromatic heterocycles. The van der Waals surface area contributed by atoms with Crippen molar-refractivity contribution in [2.75, 3.05) is 5.32 Å². The Morgan fingerprint density at radius 2 is 1.62 bits per heavy atom. The van der Waals surface area contributed by atoms with E-state index in [0.717, 1.165) is 6.07 Å². The normalized spacial score (nSPS) is 11.4. The minimum atomic E-state index is -4.49. The number of nitrogens with one attached hydrogen (secondary N) is 1. The summed E-state index contributed by atoms with van der Waals surface area (Å²) in [6, 6.07) is 15.4. The summed E-state index contributed by atoms with van der Waals surface area (Å²) >= 11 is 0. The monoisotopic (exact) mass is 343 g/mol. The predicted octanol–water partition coefficient (Wildman–Crippen LogP) is 3.04. The number of amides is 1. The van der Waals surface area contributed by atoms with Crippen LogP contribution in [-0.4, -0.2) is 24.0 Å². The van der Waals surface area contributed by atoms with Crippen molar-refractivity contribution in [2.45, 2.75) is 4.90 Å². The molecule has 0 heterocycles. The van der Waals surface area contributed by atoms with Crippen molar-refractivity contribution in [1.29, 1.82) is 0 Å². The number of aromatic hydroxyl groups is 1. The van der Waals surface area contributed by atoms with Gasteiger partial charge in [0.1, 0.15) is 5.75 Å². The van der Waals surface area contributed by atoms with Gasteiger partial charge in [-0.15, -0.1) is 0 Å². The van der Waals surface area contributed by atoms with Crippen LogP contribution in [0.5, 0.6) is 5.75 Å². The molecule has 3 rings (SSSR count). The number of benzene rings is 3. The summed E-state index contributed by atoms with van der Waals surface area (Å²) in [5, 5.41) is 13.3. The van der Waals surface area contributed by atoms with Gasteiger partial charge in [0.2, 0.25) is 0 Å². The number of phenolic OH excluding ortho intramolecular Hbond substituents is 1. The molecule has 3 aromatic carbocycles. The van der Waals surface area contributed by atoms with Crippen LogP contribution in [0.3, 0.4) is 0 Å². The lowest BCUT2D eigenvalue weighted by Gasteiger charge is -2.11. The largest absolute Gasteiger partial charge is 0.507 e. The van der Waals surface area contributed by atoms with Crippen LogP contribution in [0.4, 0.5) is 5.69 Å². The summed E-state index contributed by atoms with van der Waals surface area (Å²) in [6.45, 7) is 0. The van der Waals surface area contributed by atoms with E-state index >= 15 is 0 Å². The van der Waals surface area contributed by atoms with Gasteiger partial charge in [-0.05, 0) is 24.3 Å². The third kappa shape index (κ3) is 3.08. The summed E-state index contributed by atoms with van der Waals surface area (Å²) in [5.41, 5.74) is 0.756. The first-order chi connectivity index (χ1) is 11.4. The SMILES string of the molecule is O=C(Nc1cccc2c(O)cc(S(=O)(=O)O)cc12)c1ccccc1. The number of fused-ring (bicyclic) bond motifs is 1. The summed E-state index contributed by atoms with van der Waals surface area (Å²) in [5.74, 6) is -0.684. The average Bonchev–Trinajstić information content (AvgIpc) is 2.55. The van der Waals surface area contributed by atoms with Gasteiger partial charge in [-0.2, -0.15) is 8.42 Å². The fraction of sp³-hybridized carbons (Fsp3) is 0. The number of carbonyl (C=O) groups excluding carboxylic acids is 1. The Hall–Kier alpha value is -2.90. The lowest BCUT2D eigenvalue weighted by Crippen LogP contribution is -2.12. The van der Waals surface area contributed by atoms with E-state index < -0.39 is 15.0 Å². The molecule has 0 fully saturated rings. The standard InChI is InChI=1S/C17H13NO5S/c19-16-10-12(24(21,22)23)9-14-13(16)7-4-8-15(14)18-17(20)11-5-2-1-3-6-11/h1-10,19H,(H,18,20)(H,21,22,23). The molecule has 0 spiro atoms. The summed E-state index contributed by atoms with van der Waals surface area (Å²) in [6.07, 6.45) is 0. The Labute approximate surface area is 138 Å². The second-order valence-electron chi connectivity index (χ2n) is 5.14. The maximum Gasteiger partial charge on any atom is 0.294 e. The van der Waals surface area contributed by atoms with Crippen molar-refractivity contribution in [3.63, 3.8) is 0 Å². The van der Waals surface area contributed by atoms with Crippen molar-refractivity contribution in [3.8, 4) is 5.75 Å². The van der Waals surface area contributed by atoms with E-state index in [0.29, 0.717) is 22.0 Å². The number of rotatable bonds is 3. The zero-order valence-corrected chi connectivity index (χ0v) is 13.1. The van der Waals surface area contributed by atoms with Gasteiger partial charge in [-0.25, -0.2) is 0 Å². The van der Waals surface area contributed by atoms with E-state index in [1.165, 1.54) is 6.07 Å². The zero-order chi connectivity index (χ0) is 17.3. The maximum absolute atomic E-state index is 12.3. The molecule has 0 atom stereocenters. The van der Waals surface area contributed by atoms with E-state index in [1.807, 2.05) is 0 Å². The first-order valence-corrected chi connectivity index (χ1v) is 8.40. The van der Waals surface area contributed by atoms with Gasteiger partial charge in [-0.3, -0.25) is 9.35 Å². The minimum Gasteiger partial charge on any atom is -0.507 e. The lowest BCUT2D eigenvalue weighted by molar-refractivity contribution is 0.102. The lowest BCUT2D eigenvalue weighted by atomic mass is 10.1. The quantitative estimate of drug-likeness (QED) is 0.634. The van der Waals surface area contributed by atoms with Gasteiger partial charge in [0.15, 0.2) is 0 Å². The molecule has 3 N–H and O–H groups in total. The van der Waals surface area contributed by atoms with E-state index in [4.69, 9.17) is 0 Å².